The van der Waals surface area contributed by atoms with Crippen molar-refractivity contribution in [2.45, 2.75) is 26.0 Å². The van der Waals surface area contributed by atoms with E-state index in [1.54, 1.807) is 6.07 Å². The van der Waals surface area contributed by atoms with Gasteiger partial charge in [-0.05, 0) is 37.3 Å². The Bertz CT molecular complexity index is 1460. The molecule has 35 heavy (non-hydrogen) atoms. The van der Waals surface area contributed by atoms with Crippen LogP contribution in [0.4, 0.5) is 10.1 Å². The molecule has 0 bridgehead atoms. The van der Waals surface area contributed by atoms with Gasteiger partial charge in [-0.15, -0.1) is 0 Å². The maximum absolute atomic E-state index is 14.0. The number of carbonyl (C=O) groups excluding carboxylic acids is 1. The summed E-state index contributed by atoms with van der Waals surface area (Å²) in [5.74, 6) is 1.57. The second-order valence-electron chi connectivity index (χ2n) is 8.49. The number of benzene rings is 3. The van der Waals surface area contributed by atoms with Crippen molar-refractivity contribution in [2.24, 2.45) is 0 Å². The molecule has 0 amide bonds. The van der Waals surface area contributed by atoms with Gasteiger partial charge in [0.2, 0.25) is 0 Å². The van der Waals surface area contributed by atoms with Crippen LogP contribution in [0.3, 0.4) is 0 Å². The maximum atomic E-state index is 14.0. The zero-order valence-electron chi connectivity index (χ0n) is 20.7. The molecular formula is C26H23FN3NaO4. The zero-order chi connectivity index (χ0) is 23.4. The number of hydrogen-bond donors (Lipinski definition) is 1. The first-order valence-corrected chi connectivity index (χ1v) is 11.1. The third-order valence-electron chi connectivity index (χ3n) is 6.22. The number of aryl methyl sites for hydroxylation is 1. The molecule has 4 aromatic rings. The number of anilines is 1. The molecule has 1 aromatic heterocycles. The molecule has 0 radical (unpaired) electrons. The topological polar surface area (TPSA) is 74.6 Å². The predicted molar refractivity (Wildman–Crippen MR) is 125 cm³/mol. The normalized spacial score (nSPS) is 17.7. The molecular weight excluding hydrogens is 460 g/mol. The van der Waals surface area contributed by atoms with Gasteiger partial charge in [0.1, 0.15) is 36.4 Å². The first-order chi connectivity index (χ1) is 16.5. The zero-order valence-corrected chi connectivity index (χ0v) is 21.7. The van der Waals surface area contributed by atoms with Crippen molar-refractivity contribution in [1.82, 2.24) is 9.55 Å². The fraction of sp³-hybridized carbons (Fsp3) is 0.231. The number of carbonyl (C=O) groups is 1. The van der Waals surface area contributed by atoms with Crippen LogP contribution >= 0.6 is 0 Å². The Hall–Kier alpha value is -3.07. The largest absolute Gasteiger partial charge is 1.00 e. The van der Waals surface area contributed by atoms with Crippen molar-refractivity contribution in [1.29, 1.82) is 0 Å². The number of nitrogens with one attached hydrogen (secondary N) is 1. The molecule has 1 N–H and O–H groups in total. The third-order valence-corrected chi connectivity index (χ3v) is 6.22. The van der Waals surface area contributed by atoms with Crippen LogP contribution in [-0.2, 0) is 9.53 Å². The summed E-state index contributed by atoms with van der Waals surface area (Å²) >= 11 is 0. The Morgan fingerprint density at radius 1 is 1.14 bits per heavy atom. The average molecular weight is 483 g/mol. The Balaban J connectivity index is 0.00000152. The van der Waals surface area contributed by atoms with E-state index in [9.17, 15) is 9.18 Å². The third kappa shape index (κ3) is 4.16. The summed E-state index contributed by atoms with van der Waals surface area (Å²) in [5.41, 5.74) is 5.00. The van der Waals surface area contributed by atoms with Crippen molar-refractivity contribution in [3.05, 3.63) is 77.4 Å². The second kappa shape index (κ2) is 9.18. The van der Waals surface area contributed by atoms with Gasteiger partial charge in [-0.2, -0.15) is 0 Å². The summed E-state index contributed by atoms with van der Waals surface area (Å²) in [4.78, 5) is 15.9. The van der Waals surface area contributed by atoms with E-state index in [1.807, 2.05) is 47.9 Å². The Labute approximate surface area is 225 Å². The number of aromatic nitrogens is 2. The number of nitrogens with zero attached hydrogens (tertiary/aromatic N) is 2. The van der Waals surface area contributed by atoms with E-state index in [1.165, 1.54) is 19.1 Å². The van der Waals surface area contributed by atoms with Crippen LogP contribution in [0.15, 0.2) is 54.6 Å². The first-order valence-electron chi connectivity index (χ1n) is 11.1. The number of imidazole rings is 1. The van der Waals surface area contributed by atoms with Crippen LogP contribution in [0.5, 0.6) is 11.5 Å². The molecule has 0 aliphatic carbocycles. The van der Waals surface area contributed by atoms with Gasteiger partial charge < -0.3 is 21.0 Å². The summed E-state index contributed by atoms with van der Waals surface area (Å²) in [5, 5.41) is 3.52. The van der Waals surface area contributed by atoms with Crippen molar-refractivity contribution >= 4 is 22.7 Å². The molecule has 3 aromatic carbocycles. The van der Waals surface area contributed by atoms with E-state index < -0.39 is 0 Å². The number of esters is 1. The summed E-state index contributed by atoms with van der Waals surface area (Å²) < 4.78 is 33.1. The average Bonchev–Trinajstić information content (AvgIpc) is 3.48. The predicted octanol–water partition coefficient (Wildman–Crippen LogP) is 2.13. The smallest absolute Gasteiger partial charge is 1.00 e. The number of fused-ring (bicyclic) bond motifs is 3. The van der Waals surface area contributed by atoms with Crippen molar-refractivity contribution in [2.75, 3.05) is 18.5 Å². The summed E-state index contributed by atoms with van der Waals surface area (Å²) in [7, 11) is 0. The van der Waals surface area contributed by atoms with Crippen molar-refractivity contribution in [3.63, 3.8) is 0 Å². The van der Waals surface area contributed by atoms with E-state index >= 15 is 0 Å². The fourth-order valence-corrected chi connectivity index (χ4v) is 4.77. The first kappa shape index (κ1) is 23.7. The van der Waals surface area contributed by atoms with E-state index in [2.05, 4.69) is 10.3 Å². The fourth-order valence-electron chi connectivity index (χ4n) is 4.77. The van der Waals surface area contributed by atoms with Gasteiger partial charge >= 0.3 is 35.5 Å². The summed E-state index contributed by atoms with van der Waals surface area (Å²) in [6.07, 6.45) is -0.377. The molecule has 7 nitrogen and oxygen atoms in total. The molecule has 3 heterocycles. The Morgan fingerprint density at radius 3 is 2.83 bits per heavy atom. The molecule has 0 unspecified atom stereocenters. The van der Waals surface area contributed by atoms with Crippen LogP contribution in [0.1, 0.15) is 37.4 Å². The van der Waals surface area contributed by atoms with Crippen molar-refractivity contribution in [3.8, 4) is 17.2 Å². The molecule has 9 heteroatoms. The monoisotopic (exact) mass is 483 g/mol. The van der Waals surface area contributed by atoms with Gasteiger partial charge in [0, 0.05) is 35.9 Å². The molecule has 2 aliphatic rings. The molecule has 6 rings (SSSR count). The molecule has 0 saturated carbocycles. The Morgan fingerprint density at radius 2 is 2.00 bits per heavy atom. The SMILES string of the molecule is CC(=O)O[C@@H]1COc2cc(N[C@@H]3COc4c3cccc4-n3c(C)nc4ccc(F)cc43)ccc21.[H-].[Na+]. The number of hydrogen-bond acceptors (Lipinski definition) is 6. The summed E-state index contributed by atoms with van der Waals surface area (Å²) in [6, 6.07) is 16.2. The number of rotatable bonds is 4. The minimum atomic E-state index is -0.377. The van der Waals surface area contributed by atoms with Gasteiger partial charge in [-0.25, -0.2) is 9.37 Å². The second-order valence-corrected chi connectivity index (χ2v) is 8.49. The minimum absolute atomic E-state index is 0. The minimum Gasteiger partial charge on any atom is -1.00 e. The van der Waals surface area contributed by atoms with E-state index in [-0.39, 0.29) is 54.9 Å². The van der Waals surface area contributed by atoms with E-state index in [4.69, 9.17) is 14.2 Å². The molecule has 0 spiro atoms. The number of ether oxygens (including phenoxy) is 3. The Kier molecular flexibility index (Phi) is 6.21. The van der Waals surface area contributed by atoms with Crippen LogP contribution in [-0.4, -0.2) is 28.7 Å². The van der Waals surface area contributed by atoms with Gasteiger partial charge in [0.15, 0.2) is 6.10 Å². The van der Waals surface area contributed by atoms with Crippen LogP contribution in [0.25, 0.3) is 16.7 Å². The van der Waals surface area contributed by atoms with Crippen molar-refractivity contribution < 1.29 is 54.4 Å². The van der Waals surface area contributed by atoms with Gasteiger partial charge in [-0.1, -0.05) is 12.1 Å². The van der Waals surface area contributed by atoms with Gasteiger partial charge in [0.25, 0.3) is 0 Å². The molecule has 0 saturated heterocycles. The van der Waals surface area contributed by atoms with Crippen LogP contribution in [0, 0.1) is 12.7 Å². The summed E-state index contributed by atoms with van der Waals surface area (Å²) in [6.45, 7) is 4.05. The van der Waals surface area contributed by atoms with Gasteiger partial charge in [-0.3, -0.25) is 9.36 Å². The van der Waals surface area contributed by atoms with E-state index in [0.29, 0.717) is 24.5 Å². The molecule has 2 atom stereocenters. The standard InChI is InChI=1S/C26H22FN3O4.Na.H/c1-14-28-20-9-6-16(27)10-23(20)30(14)22-5-3-4-18-21(12-33-26(18)22)29-17-7-8-19-24(11-17)32-13-25(19)34-15(2)31;;/h3-11,21,25,29H,12-13H2,1-2H3;;/q;+1;-1/t21-,25-;;/m1../s1. The van der Waals surface area contributed by atoms with E-state index in [0.717, 1.165) is 39.6 Å². The number of halogens is 1. The molecule has 2 aliphatic heterocycles. The molecule has 174 valence electrons. The molecule has 0 fully saturated rings. The van der Waals surface area contributed by atoms with Crippen LogP contribution < -0.4 is 44.3 Å². The quantitative estimate of drug-likeness (QED) is 0.354. The maximum Gasteiger partial charge on any atom is 1.00 e. The van der Waals surface area contributed by atoms with Crippen LogP contribution in [0.2, 0.25) is 0 Å². The number of para-hydroxylation sites is 1. The van der Waals surface area contributed by atoms with Gasteiger partial charge in [0.05, 0.1) is 22.8 Å².